The van der Waals surface area contributed by atoms with Gasteiger partial charge in [-0.3, -0.25) is 4.90 Å². The van der Waals surface area contributed by atoms with Gasteiger partial charge in [0.05, 0.1) is 17.3 Å². The lowest BCUT2D eigenvalue weighted by atomic mass is 10.1. The van der Waals surface area contributed by atoms with Gasteiger partial charge in [-0.25, -0.2) is 8.42 Å². The van der Waals surface area contributed by atoms with E-state index in [4.69, 9.17) is 4.74 Å². The minimum atomic E-state index is -3.51. The number of sulfone groups is 1. The molecule has 1 atom stereocenters. The smallest absolute Gasteiger partial charge is 0.185 e. The fourth-order valence-corrected chi connectivity index (χ4v) is 6.06. The summed E-state index contributed by atoms with van der Waals surface area (Å²) in [5.41, 5.74) is 2.05. The maximum absolute atomic E-state index is 13.5. The SMILES string of the molecule is COc1ccc(C(CCN2CCN(c3ccccc3)CC2)S(=O)(=O)c2ccccc2)cc1. The summed E-state index contributed by atoms with van der Waals surface area (Å²) in [5.74, 6) is 0.724. The zero-order valence-corrected chi connectivity index (χ0v) is 19.2. The van der Waals surface area contributed by atoms with Crippen molar-refractivity contribution >= 4 is 15.5 Å². The van der Waals surface area contributed by atoms with Crippen LogP contribution in [0.2, 0.25) is 0 Å². The maximum Gasteiger partial charge on any atom is 0.185 e. The molecule has 0 bridgehead atoms. The summed E-state index contributed by atoms with van der Waals surface area (Å²) in [4.78, 5) is 5.13. The predicted octanol–water partition coefficient (Wildman–Crippen LogP) is 4.42. The molecule has 6 heteroatoms. The van der Waals surface area contributed by atoms with Crippen LogP contribution in [0.4, 0.5) is 5.69 Å². The molecule has 1 fully saturated rings. The van der Waals surface area contributed by atoms with Crippen LogP contribution in [0.5, 0.6) is 5.75 Å². The second kappa shape index (κ2) is 10.2. The molecule has 1 aliphatic heterocycles. The van der Waals surface area contributed by atoms with E-state index in [9.17, 15) is 8.42 Å². The molecule has 0 aliphatic carbocycles. The van der Waals surface area contributed by atoms with Gasteiger partial charge in [-0.15, -0.1) is 0 Å². The third-order valence-corrected chi connectivity index (χ3v) is 8.32. The normalized spacial score (nSPS) is 16.0. The van der Waals surface area contributed by atoms with Crippen molar-refractivity contribution in [1.29, 1.82) is 0 Å². The van der Waals surface area contributed by atoms with Gasteiger partial charge in [0.1, 0.15) is 5.75 Å². The van der Waals surface area contributed by atoms with Gasteiger partial charge >= 0.3 is 0 Å². The number of piperazine rings is 1. The molecule has 1 saturated heterocycles. The number of ether oxygens (including phenoxy) is 1. The summed E-state index contributed by atoms with van der Waals surface area (Å²) >= 11 is 0. The van der Waals surface area contributed by atoms with Gasteiger partial charge in [-0.2, -0.15) is 0 Å². The summed E-state index contributed by atoms with van der Waals surface area (Å²) in [6, 6.07) is 26.6. The Labute approximate surface area is 191 Å². The number of rotatable bonds is 8. The molecule has 1 aliphatic rings. The van der Waals surface area contributed by atoms with E-state index < -0.39 is 15.1 Å². The van der Waals surface area contributed by atoms with Crippen molar-refractivity contribution in [3.63, 3.8) is 0 Å². The second-order valence-electron chi connectivity index (χ2n) is 8.07. The Balaban J connectivity index is 1.47. The number of para-hydroxylation sites is 1. The van der Waals surface area contributed by atoms with Crippen LogP contribution >= 0.6 is 0 Å². The van der Waals surface area contributed by atoms with E-state index in [1.54, 1.807) is 31.4 Å². The van der Waals surface area contributed by atoms with Crippen molar-refractivity contribution in [3.8, 4) is 5.75 Å². The molecule has 0 amide bonds. The van der Waals surface area contributed by atoms with Gasteiger partial charge < -0.3 is 9.64 Å². The summed E-state index contributed by atoms with van der Waals surface area (Å²) in [5, 5.41) is -0.594. The van der Waals surface area contributed by atoms with Crippen molar-refractivity contribution in [3.05, 3.63) is 90.5 Å². The molecule has 0 aromatic heterocycles. The molecule has 0 saturated carbocycles. The minimum Gasteiger partial charge on any atom is -0.497 e. The minimum absolute atomic E-state index is 0.370. The Morgan fingerprint density at radius 3 is 2.00 bits per heavy atom. The fourth-order valence-electron chi connectivity index (χ4n) is 4.26. The van der Waals surface area contributed by atoms with Crippen LogP contribution in [0, 0.1) is 0 Å². The van der Waals surface area contributed by atoms with Gasteiger partial charge in [0.25, 0.3) is 0 Å². The van der Waals surface area contributed by atoms with Gasteiger partial charge in [0.2, 0.25) is 0 Å². The lowest BCUT2D eigenvalue weighted by Crippen LogP contribution is -2.47. The van der Waals surface area contributed by atoms with Crippen molar-refractivity contribution in [2.45, 2.75) is 16.6 Å². The topological polar surface area (TPSA) is 49.9 Å². The van der Waals surface area contributed by atoms with Gasteiger partial charge in [-0.1, -0.05) is 48.5 Å². The number of anilines is 1. The highest BCUT2D eigenvalue weighted by atomic mass is 32.2. The van der Waals surface area contributed by atoms with Crippen molar-refractivity contribution < 1.29 is 13.2 Å². The first-order chi connectivity index (χ1) is 15.6. The molecule has 0 N–H and O–H groups in total. The van der Waals surface area contributed by atoms with Crippen LogP contribution in [0.15, 0.2) is 89.8 Å². The molecule has 5 nitrogen and oxygen atoms in total. The largest absolute Gasteiger partial charge is 0.497 e. The van der Waals surface area contributed by atoms with Gasteiger partial charge in [0, 0.05) is 31.9 Å². The maximum atomic E-state index is 13.5. The Kier molecular flexibility index (Phi) is 7.12. The van der Waals surface area contributed by atoms with E-state index >= 15 is 0 Å². The number of methoxy groups -OCH3 is 1. The molecule has 32 heavy (non-hydrogen) atoms. The molecular weight excluding hydrogens is 420 g/mol. The third kappa shape index (κ3) is 5.14. The fraction of sp³-hybridized carbons (Fsp3) is 0.308. The van der Waals surface area contributed by atoms with Crippen LogP contribution < -0.4 is 9.64 Å². The molecule has 0 spiro atoms. The third-order valence-electron chi connectivity index (χ3n) is 6.14. The first-order valence-corrected chi connectivity index (χ1v) is 12.6. The number of hydrogen-bond acceptors (Lipinski definition) is 5. The van der Waals surface area contributed by atoms with E-state index in [0.29, 0.717) is 11.3 Å². The molecule has 4 rings (SSSR count). The summed E-state index contributed by atoms with van der Waals surface area (Å²) in [6.45, 7) is 4.49. The summed E-state index contributed by atoms with van der Waals surface area (Å²) < 4.78 is 32.3. The Bertz CT molecular complexity index is 1080. The second-order valence-corrected chi connectivity index (χ2v) is 10.2. The van der Waals surface area contributed by atoms with Crippen LogP contribution in [0.3, 0.4) is 0 Å². The highest BCUT2D eigenvalue weighted by Crippen LogP contribution is 2.33. The van der Waals surface area contributed by atoms with Crippen LogP contribution in [-0.2, 0) is 9.84 Å². The Morgan fingerprint density at radius 2 is 1.41 bits per heavy atom. The zero-order chi connectivity index (χ0) is 22.4. The average molecular weight is 451 g/mol. The first kappa shape index (κ1) is 22.4. The van der Waals surface area contributed by atoms with Gasteiger partial charge in [0.15, 0.2) is 9.84 Å². The first-order valence-electron chi connectivity index (χ1n) is 11.0. The van der Waals surface area contributed by atoms with Crippen LogP contribution in [-0.4, -0.2) is 53.2 Å². The highest BCUT2D eigenvalue weighted by molar-refractivity contribution is 7.91. The molecule has 1 heterocycles. The van der Waals surface area contributed by atoms with E-state index in [1.807, 2.05) is 36.4 Å². The summed E-state index contributed by atoms with van der Waals surface area (Å²) in [7, 11) is -1.89. The monoisotopic (exact) mass is 450 g/mol. The molecule has 168 valence electrons. The quantitative estimate of drug-likeness (QED) is 0.508. The van der Waals surface area contributed by atoms with E-state index in [-0.39, 0.29) is 0 Å². The van der Waals surface area contributed by atoms with E-state index in [2.05, 4.69) is 34.1 Å². The van der Waals surface area contributed by atoms with Crippen molar-refractivity contribution in [1.82, 2.24) is 4.90 Å². The Hall–Kier alpha value is -2.83. The van der Waals surface area contributed by atoms with Crippen LogP contribution in [0.25, 0.3) is 0 Å². The lowest BCUT2D eigenvalue weighted by Gasteiger charge is -2.36. The van der Waals surface area contributed by atoms with E-state index in [1.165, 1.54) is 5.69 Å². The predicted molar refractivity (Wildman–Crippen MR) is 129 cm³/mol. The average Bonchev–Trinajstić information content (AvgIpc) is 2.86. The molecule has 1 unspecified atom stereocenters. The summed E-state index contributed by atoms with van der Waals surface area (Å²) in [6.07, 6.45) is 0.550. The number of nitrogens with zero attached hydrogens (tertiary/aromatic N) is 2. The zero-order valence-electron chi connectivity index (χ0n) is 18.4. The number of benzene rings is 3. The van der Waals surface area contributed by atoms with Gasteiger partial charge in [-0.05, 0) is 54.9 Å². The molecule has 3 aromatic carbocycles. The lowest BCUT2D eigenvalue weighted by molar-refractivity contribution is 0.253. The van der Waals surface area contributed by atoms with Crippen molar-refractivity contribution in [2.75, 3.05) is 44.7 Å². The molecule has 3 aromatic rings. The number of hydrogen-bond donors (Lipinski definition) is 0. The van der Waals surface area contributed by atoms with Crippen LogP contribution in [0.1, 0.15) is 17.2 Å². The standard InChI is InChI=1S/C26H30N2O3S/c1-31-24-14-12-22(13-15-24)26(32(29,30)25-10-6-3-7-11-25)16-17-27-18-20-28(21-19-27)23-8-4-2-5-9-23/h2-15,26H,16-21H2,1H3. The highest BCUT2D eigenvalue weighted by Gasteiger charge is 2.30. The molecule has 0 radical (unpaired) electrons. The molecular formula is C26H30N2O3S. The van der Waals surface area contributed by atoms with Crippen molar-refractivity contribution in [2.24, 2.45) is 0 Å². The van der Waals surface area contributed by atoms with E-state index in [0.717, 1.165) is 44.0 Å². The Morgan fingerprint density at radius 1 is 0.812 bits per heavy atom.